The molecule has 11 heteroatoms. The Bertz CT molecular complexity index is 777. The summed E-state index contributed by atoms with van der Waals surface area (Å²) in [5.74, 6) is -1.18. The van der Waals surface area contributed by atoms with Crippen molar-refractivity contribution in [2.75, 3.05) is 18.9 Å². The van der Waals surface area contributed by atoms with E-state index in [0.717, 1.165) is 0 Å². The third-order valence-electron chi connectivity index (χ3n) is 3.47. The number of hydrogen-bond acceptors (Lipinski definition) is 4. The van der Waals surface area contributed by atoms with Gasteiger partial charge in [0.15, 0.2) is 0 Å². The molecule has 0 saturated carbocycles. The van der Waals surface area contributed by atoms with Crippen LogP contribution in [0, 0.1) is 0 Å². The molecule has 7 nitrogen and oxygen atoms in total. The quantitative estimate of drug-likeness (QED) is 0.686. The number of nitrogens with one attached hydrogen (secondary N) is 3. The molecule has 0 aliphatic rings. The Hall–Kier alpha value is -2.59. The van der Waals surface area contributed by atoms with Gasteiger partial charge in [-0.2, -0.15) is 18.3 Å². The minimum atomic E-state index is -4.47. The van der Waals surface area contributed by atoms with Gasteiger partial charge in [0, 0.05) is 30.1 Å². The van der Waals surface area contributed by atoms with E-state index in [-0.39, 0.29) is 23.9 Å². The minimum Gasteiger partial charge on any atom is -0.343 e. The Labute approximate surface area is 159 Å². The first-order chi connectivity index (χ1) is 12.2. The number of aromatic nitrogens is 2. The highest BCUT2D eigenvalue weighted by molar-refractivity contribution is 5.97. The zero-order valence-electron chi connectivity index (χ0n) is 14.5. The van der Waals surface area contributed by atoms with E-state index in [1.165, 1.54) is 24.3 Å². The summed E-state index contributed by atoms with van der Waals surface area (Å²) in [7, 11) is 3.36. The van der Waals surface area contributed by atoms with Crippen molar-refractivity contribution in [1.29, 1.82) is 0 Å². The van der Waals surface area contributed by atoms with Gasteiger partial charge in [0.1, 0.15) is 12.6 Å². The van der Waals surface area contributed by atoms with Crippen molar-refractivity contribution >= 4 is 29.9 Å². The highest BCUT2D eigenvalue weighted by Gasteiger charge is 2.28. The largest absolute Gasteiger partial charge is 0.405 e. The van der Waals surface area contributed by atoms with Crippen molar-refractivity contribution in [2.45, 2.75) is 12.2 Å². The van der Waals surface area contributed by atoms with E-state index >= 15 is 0 Å². The van der Waals surface area contributed by atoms with Crippen molar-refractivity contribution in [3.63, 3.8) is 0 Å². The highest BCUT2D eigenvalue weighted by atomic mass is 35.5. The number of amides is 2. The summed E-state index contributed by atoms with van der Waals surface area (Å²) < 4.78 is 37.9. The van der Waals surface area contributed by atoms with Crippen LogP contribution in [0.5, 0.6) is 0 Å². The van der Waals surface area contributed by atoms with E-state index in [0.29, 0.717) is 11.3 Å². The fourth-order valence-electron chi connectivity index (χ4n) is 2.24. The minimum absolute atomic E-state index is 0. The number of benzene rings is 1. The molecule has 2 amide bonds. The summed E-state index contributed by atoms with van der Waals surface area (Å²) in [4.78, 5) is 24.0. The number of carbonyl (C=O) groups is 2. The second kappa shape index (κ2) is 9.38. The van der Waals surface area contributed by atoms with E-state index in [1.807, 2.05) is 0 Å². The van der Waals surface area contributed by atoms with Crippen molar-refractivity contribution in [1.82, 2.24) is 20.4 Å². The molecule has 2 rings (SSSR count). The van der Waals surface area contributed by atoms with E-state index in [1.54, 1.807) is 36.5 Å². The number of likely N-dealkylation sites (N-methyl/N-ethyl adjacent to an activating group) is 1. The lowest BCUT2D eigenvalue weighted by Crippen LogP contribution is -2.33. The van der Waals surface area contributed by atoms with Crippen LogP contribution in [0.2, 0.25) is 0 Å². The molecular weight excluding hydrogens is 387 g/mol. The molecule has 1 unspecified atom stereocenters. The SMILES string of the molecule is CNC(C(=O)Nc1ccc(C(=O)NCC(F)(F)F)cc1)c1cnn(C)c1.Cl. The lowest BCUT2D eigenvalue weighted by molar-refractivity contribution is -0.123. The van der Waals surface area contributed by atoms with Gasteiger partial charge in [-0.1, -0.05) is 0 Å². The van der Waals surface area contributed by atoms with Crippen molar-refractivity contribution in [3.05, 3.63) is 47.8 Å². The van der Waals surface area contributed by atoms with Gasteiger partial charge < -0.3 is 16.0 Å². The lowest BCUT2D eigenvalue weighted by Gasteiger charge is -2.15. The van der Waals surface area contributed by atoms with E-state index in [4.69, 9.17) is 0 Å². The van der Waals surface area contributed by atoms with E-state index < -0.39 is 24.7 Å². The molecule has 3 N–H and O–H groups in total. The summed E-state index contributed by atoms with van der Waals surface area (Å²) in [6.45, 7) is -1.40. The molecule has 1 aromatic heterocycles. The van der Waals surface area contributed by atoms with Gasteiger partial charge in [-0.15, -0.1) is 12.4 Å². The maximum atomic E-state index is 12.4. The van der Waals surface area contributed by atoms with Gasteiger partial charge in [0.05, 0.1) is 6.20 Å². The molecule has 0 aliphatic carbocycles. The molecule has 0 aliphatic heterocycles. The van der Waals surface area contributed by atoms with Gasteiger partial charge >= 0.3 is 6.18 Å². The molecule has 27 heavy (non-hydrogen) atoms. The average Bonchev–Trinajstić information content (AvgIpc) is 2.99. The molecule has 1 aromatic carbocycles. The normalized spacial score (nSPS) is 12.0. The number of aryl methyl sites for hydroxylation is 1. The number of nitrogens with zero attached hydrogens (tertiary/aromatic N) is 2. The van der Waals surface area contributed by atoms with E-state index in [2.05, 4.69) is 15.7 Å². The number of rotatable bonds is 6. The fourth-order valence-corrected chi connectivity index (χ4v) is 2.24. The zero-order chi connectivity index (χ0) is 19.3. The zero-order valence-corrected chi connectivity index (χ0v) is 15.3. The number of alkyl halides is 3. The predicted molar refractivity (Wildman–Crippen MR) is 95.7 cm³/mol. The third-order valence-corrected chi connectivity index (χ3v) is 3.47. The first-order valence-corrected chi connectivity index (χ1v) is 7.61. The summed E-state index contributed by atoms with van der Waals surface area (Å²) in [6, 6.07) is 4.92. The number of hydrogen-bond donors (Lipinski definition) is 3. The van der Waals surface area contributed by atoms with E-state index in [9.17, 15) is 22.8 Å². The van der Waals surface area contributed by atoms with Crippen LogP contribution in [-0.2, 0) is 11.8 Å². The Morgan fingerprint density at radius 3 is 2.33 bits per heavy atom. The van der Waals surface area contributed by atoms with Crippen molar-refractivity contribution in [3.8, 4) is 0 Å². The molecular formula is C16H19ClF3N5O2. The van der Waals surface area contributed by atoms with Crippen LogP contribution in [0.15, 0.2) is 36.7 Å². The number of anilines is 1. The monoisotopic (exact) mass is 405 g/mol. The van der Waals surface area contributed by atoms with Gasteiger partial charge in [0.2, 0.25) is 5.91 Å². The second-order valence-corrected chi connectivity index (χ2v) is 5.53. The summed E-state index contributed by atoms with van der Waals surface area (Å²) >= 11 is 0. The first kappa shape index (κ1) is 22.5. The molecule has 1 atom stereocenters. The smallest absolute Gasteiger partial charge is 0.343 e. The van der Waals surface area contributed by atoms with Crippen LogP contribution in [0.3, 0.4) is 0 Å². The van der Waals surface area contributed by atoms with Crippen LogP contribution < -0.4 is 16.0 Å². The average molecular weight is 406 g/mol. The van der Waals surface area contributed by atoms with Gasteiger partial charge in [-0.25, -0.2) is 0 Å². The molecule has 1 heterocycles. The summed E-state index contributed by atoms with van der Waals surface area (Å²) in [5, 5.41) is 11.3. The van der Waals surface area contributed by atoms with Crippen LogP contribution in [0.1, 0.15) is 22.0 Å². The Kier molecular flexibility index (Phi) is 7.80. The Morgan fingerprint density at radius 2 is 1.85 bits per heavy atom. The fraction of sp³-hybridized carbons (Fsp3) is 0.312. The van der Waals surface area contributed by atoms with Crippen LogP contribution in [0.4, 0.5) is 18.9 Å². The van der Waals surface area contributed by atoms with Crippen molar-refractivity contribution < 1.29 is 22.8 Å². The maximum Gasteiger partial charge on any atom is 0.405 e. The van der Waals surface area contributed by atoms with Crippen LogP contribution in [-0.4, -0.2) is 41.4 Å². The first-order valence-electron chi connectivity index (χ1n) is 7.61. The summed E-state index contributed by atoms with van der Waals surface area (Å²) in [6.07, 6.45) is -1.21. The topological polar surface area (TPSA) is 88.1 Å². The standard InChI is InChI=1S/C16H18F3N5O2.ClH/c1-20-13(11-7-22-24(2)8-11)15(26)23-12-5-3-10(4-6-12)14(25)21-9-16(17,18)19;/h3-8,13,20H,9H2,1-2H3,(H,21,25)(H,23,26);1H. The predicted octanol–water partition coefficient (Wildman–Crippen LogP) is 2.03. The molecule has 148 valence electrons. The van der Waals surface area contributed by atoms with Crippen LogP contribution >= 0.6 is 12.4 Å². The number of carbonyl (C=O) groups excluding carboxylic acids is 2. The van der Waals surface area contributed by atoms with Crippen LogP contribution in [0.25, 0.3) is 0 Å². The Balaban J connectivity index is 0.00000364. The molecule has 0 radical (unpaired) electrons. The summed E-state index contributed by atoms with van der Waals surface area (Å²) in [5.41, 5.74) is 1.15. The highest BCUT2D eigenvalue weighted by Crippen LogP contribution is 2.16. The van der Waals surface area contributed by atoms with Gasteiger partial charge in [0.25, 0.3) is 5.91 Å². The van der Waals surface area contributed by atoms with Crippen molar-refractivity contribution in [2.24, 2.45) is 7.05 Å². The molecule has 0 saturated heterocycles. The van der Waals surface area contributed by atoms with Gasteiger partial charge in [-0.05, 0) is 31.3 Å². The number of halogens is 4. The Morgan fingerprint density at radius 1 is 1.22 bits per heavy atom. The molecule has 0 fully saturated rings. The molecule has 0 spiro atoms. The molecule has 2 aromatic rings. The third kappa shape index (κ3) is 6.57. The molecule has 0 bridgehead atoms. The second-order valence-electron chi connectivity index (χ2n) is 5.53. The maximum absolute atomic E-state index is 12.4. The van der Waals surface area contributed by atoms with Gasteiger partial charge in [-0.3, -0.25) is 14.3 Å². The lowest BCUT2D eigenvalue weighted by atomic mass is 10.1.